The third kappa shape index (κ3) is 3.53. The summed E-state index contributed by atoms with van der Waals surface area (Å²) >= 11 is 0. The van der Waals surface area contributed by atoms with Crippen molar-refractivity contribution in [2.24, 2.45) is 0 Å². The molecule has 0 atom stereocenters. The lowest BCUT2D eigenvalue weighted by Crippen LogP contribution is -2.29. The highest BCUT2D eigenvalue weighted by atomic mass is 19.4. The van der Waals surface area contributed by atoms with Crippen LogP contribution in [0.5, 0.6) is 0 Å². The number of alkyl halides is 3. The van der Waals surface area contributed by atoms with Crippen LogP contribution in [0.1, 0.15) is 21.6 Å². The Morgan fingerprint density at radius 2 is 1.71 bits per heavy atom. The summed E-state index contributed by atoms with van der Waals surface area (Å²) in [4.78, 5) is 14.4. The summed E-state index contributed by atoms with van der Waals surface area (Å²) in [7, 11) is 0. The molecule has 0 saturated carbocycles. The van der Waals surface area contributed by atoms with Gasteiger partial charge in [-0.05, 0) is 54.4 Å². The zero-order valence-electron chi connectivity index (χ0n) is 14.6. The third-order valence-electron chi connectivity index (χ3n) is 4.50. The predicted molar refractivity (Wildman–Crippen MR) is 98.6 cm³/mol. The number of anilines is 3. The van der Waals surface area contributed by atoms with Gasteiger partial charge >= 0.3 is 6.18 Å². The molecule has 1 N–H and O–H groups in total. The Balaban J connectivity index is 1.46. The van der Waals surface area contributed by atoms with Crippen molar-refractivity contribution < 1.29 is 18.0 Å². The maximum atomic E-state index is 12.7. The summed E-state index contributed by atoms with van der Waals surface area (Å²) in [5, 5.41) is 10.8. The van der Waals surface area contributed by atoms with Crippen molar-refractivity contribution in [2.75, 3.05) is 16.8 Å². The summed E-state index contributed by atoms with van der Waals surface area (Å²) < 4.78 is 37.8. The van der Waals surface area contributed by atoms with Gasteiger partial charge in [-0.3, -0.25) is 4.79 Å². The van der Waals surface area contributed by atoms with Gasteiger partial charge in [0.15, 0.2) is 11.5 Å². The van der Waals surface area contributed by atoms with E-state index in [1.165, 1.54) is 12.1 Å². The minimum Gasteiger partial charge on any atom is -0.339 e. The minimum absolute atomic E-state index is 0.203. The zero-order chi connectivity index (χ0) is 19.7. The molecule has 0 radical (unpaired) electrons. The minimum atomic E-state index is -4.38. The Bertz CT molecular complexity index is 1000. The van der Waals surface area contributed by atoms with Crippen LogP contribution < -0.4 is 10.2 Å². The first-order chi connectivity index (χ1) is 13.4. The van der Waals surface area contributed by atoms with E-state index in [0.29, 0.717) is 18.1 Å². The molecule has 1 aliphatic rings. The molecule has 0 unspecified atom stereocenters. The molecule has 0 fully saturated rings. The second-order valence-corrected chi connectivity index (χ2v) is 6.34. The van der Waals surface area contributed by atoms with Gasteiger partial charge in [0.1, 0.15) is 0 Å². The number of hydrogen-bond donors (Lipinski definition) is 1. The average molecular weight is 384 g/mol. The van der Waals surface area contributed by atoms with E-state index in [4.69, 9.17) is 0 Å². The van der Waals surface area contributed by atoms with Crippen molar-refractivity contribution in [3.8, 4) is 0 Å². The molecule has 0 spiro atoms. The normalized spacial score (nSPS) is 13.3. The lowest BCUT2D eigenvalue weighted by molar-refractivity contribution is -0.137. The Hall–Kier alpha value is -3.42. The number of nitrogens with zero attached hydrogens (tertiary/aromatic N) is 3. The fourth-order valence-electron chi connectivity index (χ4n) is 3.09. The average Bonchev–Trinajstić information content (AvgIpc) is 3.12. The summed E-state index contributed by atoms with van der Waals surface area (Å²) in [6.45, 7) is 0.589. The van der Waals surface area contributed by atoms with Gasteiger partial charge in [-0.1, -0.05) is 18.2 Å². The molecule has 2 heterocycles. The first kappa shape index (κ1) is 18.0. The van der Waals surface area contributed by atoms with Crippen LogP contribution in [-0.2, 0) is 12.6 Å². The Labute approximate surface area is 158 Å². The first-order valence-corrected chi connectivity index (χ1v) is 8.59. The van der Waals surface area contributed by atoms with E-state index in [1.807, 2.05) is 24.3 Å². The highest BCUT2D eigenvalue weighted by molar-refractivity contribution is 6.06. The number of benzene rings is 2. The van der Waals surface area contributed by atoms with E-state index in [0.717, 1.165) is 29.8 Å². The van der Waals surface area contributed by atoms with E-state index in [9.17, 15) is 18.0 Å². The molecule has 8 heteroatoms. The molecular formula is C20H15F3N4O. The van der Waals surface area contributed by atoms with Crippen LogP contribution in [0.2, 0.25) is 0 Å². The molecule has 4 rings (SSSR count). The SMILES string of the molecule is O=C(c1ccc(Nc2ccc(C(F)(F)F)cc2)nn1)N1CCc2ccccc21. The van der Waals surface area contributed by atoms with Crippen molar-refractivity contribution in [1.29, 1.82) is 0 Å². The van der Waals surface area contributed by atoms with Gasteiger partial charge in [-0.2, -0.15) is 13.2 Å². The fourth-order valence-corrected chi connectivity index (χ4v) is 3.09. The standard InChI is InChI=1S/C20H15F3N4O/c21-20(22,23)14-5-7-15(8-6-14)24-18-10-9-16(25-26-18)19(28)27-12-11-13-3-1-2-4-17(13)27/h1-10H,11-12H2,(H,24,26). The molecule has 1 amide bonds. The van der Waals surface area contributed by atoms with Crippen molar-refractivity contribution >= 4 is 23.1 Å². The lowest BCUT2D eigenvalue weighted by Gasteiger charge is -2.16. The number of carbonyl (C=O) groups excluding carboxylic acids is 1. The largest absolute Gasteiger partial charge is 0.416 e. The second-order valence-electron chi connectivity index (χ2n) is 6.34. The van der Waals surface area contributed by atoms with E-state index < -0.39 is 11.7 Å². The maximum Gasteiger partial charge on any atom is 0.416 e. The molecule has 2 aromatic carbocycles. The van der Waals surface area contributed by atoms with Crippen LogP contribution in [0, 0.1) is 0 Å². The number of carbonyl (C=O) groups is 1. The van der Waals surface area contributed by atoms with Gasteiger partial charge in [0.2, 0.25) is 0 Å². The number of rotatable bonds is 3. The number of hydrogen-bond acceptors (Lipinski definition) is 4. The number of halogens is 3. The van der Waals surface area contributed by atoms with Crippen LogP contribution >= 0.6 is 0 Å². The number of para-hydroxylation sites is 1. The van der Waals surface area contributed by atoms with Crippen LogP contribution in [0.4, 0.5) is 30.4 Å². The highest BCUT2D eigenvalue weighted by Gasteiger charge is 2.30. The van der Waals surface area contributed by atoms with Gasteiger partial charge in [0.25, 0.3) is 5.91 Å². The topological polar surface area (TPSA) is 58.1 Å². The molecule has 0 saturated heterocycles. The quantitative estimate of drug-likeness (QED) is 0.725. The summed E-state index contributed by atoms with van der Waals surface area (Å²) in [5.74, 6) is 0.0941. The van der Waals surface area contributed by atoms with E-state index >= 15 is 0 Å². The predicted octanol–water partition coefficient (Wildman–Crippen LogP) is 4.44. The fraction of sp³-hybridized carbons (Fsp3) is 0.150. The van der Waals surface area contributed by atoms with E-state index in [1.54, 1.807) is 17.0 Å². The van der Waals surface area contributed by atoms with E-state index in [2.05, 4.69) is 15.5 Å². The Kier molecular flexibility index (Phi) is 4.46. The van der Waals surface area contributed by atoms with Crippen LogP contribution in [0.15, 0.2) is 60.7 Å². The van der Waals surface area contributed by atoms with Crippen molar-refractivity contribution in [2.45, 2.75) is 12.6 Å². The molecule has 142 valence electrons. The number of amides is 1. The Morgan fingerprint density at radius 1 is 0.964 bits per heavy atom. The monoisotopic (exact) mass is 384 g/mol. The Morgan fingerprint density at radius 3 is 2.39 bits per heavy atom. The van der Waals surface area contributed by atoms with Crippen molar-refractivity contribution in [3.05, 3.63) is 77.5 Å². The summed E-state index contributed by atoms with van der Waals surface area (Å²) in [6, 6.07) is 15.4. The van der Waals surface area contributed by atoms with Crippen LogP contribution in [0.25, 0.3) is 0 Å². The van der Waals surface area contributed by atoms with Crippen LogP contribution in [0.3, 0.4) is 0 Å². The maximum absolute atomic E-state index is 12.7. The first-order valence-electron chi connectivity index (χ1n) is 8.59. The van der Waals surface area contributed by atoms with Crippen molar-refractivity contribution in [1.82, 2.24) is 10.2 Å². The second kappa shape index (κ2) is 6.95. The summed E-state index contributed by atoms with van der Waals surface area (Å²) in [5.41, 5.74) is 1.91. The van der Waals surface area contributed by atoms with Crippen molar-refractivity contribution in [3.63, 3.8) is 0 Å². The molecule has 3 aromatic rings. The smallest absolute Gasteiger partial charge is 0.339 e. The van der Waals surface area contributed by atoms with Gasteiger partial charge in [-0.15, -0.1) is 10.2 Å². The number of aromatic nitrogens is 2. The molecule has 1 aromatic heterocycles. The molecule has 0 aliphatic carbocycles. The lowest BCUT2D eigenvalue weighted by atomic mass is 10.2. The summed E-state index contributed by atoms with van der Waals surface area (Å²) in [6.07, 6.45) is -3.59. The molecule has 28 heavy (non-hydrogen) atoms. The molecule has 5 nitrogen and oxygen atoms in total. The van der Waals surface area contributed by atoms with Gasteiger partial charge in [0.05, 0.1) is 5.56 Å². The third-order valence-corrected chi connectivity index (χ3v) is 4.50. The number of nitrogens with one attached hydrogen (secondary N) is 1. The number of fused-ring (bicyclic) bond motifs is 1. The van der Waals surface area contributed by atoms with Crippen LogP contribution in [-0.4, -0.2) is 22.6 Å². The zero-order valence-corrected chi connectivity index (χ0v) is 14.6. The molecule has 0 bridgehead atoms. The van der Waals surface area contributed by atoms with Gasteiger partial charge in [-0.25, -0.2) is 0 Å². The van der Waals surface area contributed by atoms with Gasteiger partial charge < -0.3 is 10.2 Å². The van der Waals surface area contributed by atoms with E-state index in [-0.39, 0.29) is 11.6 Å². The van der Waals surface area contributed by atoms with Gasteiger partial charge in [0, 0.05) is 17.9 Å². The highest BCUT2D eigenvalue weighted by Crippen LogP contribution is 2.30. The molecular weight excluding hydrogens is 369 g/mol. The molecule has 1 aliphatic heterocycles.